The van der Waals surface area contributed by atoms with Gasteiger partial charge in [-0.2, -0.15) is 0 Å². The Hall–Kier alpha value is -2.24. The summed E-state index contributed by atoms with van der Waals surface area (Å²) in [6.45, 7) is -0.318. The Balaban J connectivity index is 2.55. The van der Waals surface area contributed by atoms with Gasteiger partial charge in [0.25, 0.3) is 0 Å². The average Bonchev–Trinajstić information content (AvgIpc) is 2.52. The highest BCUT2D eigenvalue weighted by atomic mass is 32.2. The summed E-state index contributed by atoms with van der Waals surface area (Å²) in [4.78, 5) is 11.6. The van der Waals surface area contributed by atoms with Crippen LogP contribution in [0.2, 0.25) is 0 Å². The lowest BCUT2D eigenvalue weighted by atomic mass is 9.96. The van der Waals surface area contributed by atoms with Crippen LogP contribution in [0.5, 0.6) is 0 Å². The fourth-order valence-electron chi connectivity index (χ4n) is 2.17. The molecule has 2 aromatic rings. The van der Waals surface area contributed by atoms with Crippen molar-refractivity contribution in [3.05, 3.63) is 65.7 Å². The van der Waals surface area contributed by atoms with Crippen LogP contribution in [0.4, 0.5) is 0 Å². The largest absolute Gasteiger partial charge is 0.392 e. The zero-order chi connectivity index (χ0) is 16.2. The van der Waals surface area contributed by atoms with Gasteiger partial charge in [-0.1, -0.05) is 42.5 Å². The fraction of sp³-hybridized carbons (Fsp3) is 0.118. The molecule has 1 N–H and O–H groups in total. The van der Waals surface area contributed by atoms with Gasteiger partial charge in [-0.3, -0.25) is 4.79 Å². The second-order valence-corrected chi connectivity index (χ2v) is 6.85. The fourth-order valence-corrected chi connectivity index (χ4v) is 2.80. The van der Waals surface area contributed by atoms with Crippen LogP contribution in [0.1, 0.15) is 11.1 Å². The highest BCUT2D eigenvalue weighted by molar-refractivity contribution is 7.90. The summed E-state index contributed by atoms with van der Waals surface area (Å²) in [5.74, 6) is 0. The van der Waals surface area contributed by atoms with E-state index in [4.69, 9.17) is 0 Å². The van der Waals surface area contributed by atoms with Gasteiger partial charge in [-0.05, 0) is 28.8 Å². The zero-order valence-electron chi connectivity index (χ0n) is 12.1. The van der Waals surface area contributed by atoms with E-state index in [1.807, 2.05) is 6.07 Å². The number of sulfone groups is 1. The van der Waals surface area contributed by atoms with Gasteiger partial charge in [-0.15, -0.1) is 0 Å². The van der Waals surface area contributed by atoms with Crippen molar-refractivity contribution in [2.45, 2.75) is 4.90 Å². The van der Waals surface area contributed by atoms with Gasteiger partial charge >= 0.3 is 0 Å². The molecule has 2 aromatic carbocycles. The Bertz CT molecular complexity index is 788. The van der Waals surface area contributed by atoms with Crippen LogP contribution in [0, 0.1) is 0 Å². The molecule has 0 unspecified atom stereocenters. The molecule has 0 fully saturated rings. The average molecular weight is 316 g/mol. The molecule has 0 saturated heterocycles. The first-order chi connectivity index (χ1) is 10.5. The molecule has 0 spiro atoms. The molecule has 0 amide bonds. The van der Waals surface area contributed by atoms with Gasteiger partial charge in [0, 0.05) is 11.8 Å². The maximum atomic E-state index is 11.5. The SMILES string of the molecule is CS(=O)(=O)c1ccc(/C(CO)=C(/C=O)c2ccccc2)cc1. The molecule has 0 bridgehead atoms. The minimum atomic E-state index is -3.28. The van der Waals surface area contributed by atoms with Gasteiger partial charge < -0.3 is 5.11 Å². The maximum absolute atomic E-state index is 11.5. The Morgan fingerprint density at radius 2 is 1.59 bits per heavy atom. The van der Waals surface area contributed by atoms with E-state index in [0.717, 1.165) is 6.26 Å². The van der Waals surface area contributed by atoms with Crippen molar-refractivity contribution in [3.63, 3.8) is 0 Å². The van der Waals surface area contributed by atoms with E-state index in [2.05, 4.69) is 0 Å². The van der Waals surface area contributed by atoms with E-state index in [0.29, 0.717) is 28.6 Å². The summed E-state index contributed by atoms with van der Waals surface area (Å²) >= 11 is 0. The summed E-state index contributed by atoms with van der Waals surface area (Å²) in [5, 5.41) is 9.64. The van der Waals surface area contributed by atoms with Crippen molar-refractivity contribution in [2.24, 2.45) is 0 Å². The van der Waals surface area contributed by atoms with E-state index in [-0.39, 0.29) is 11.5 Å². The number of rotatable bonds is 5. The highest BCUT2D eigenvalue weighted by Crippen LogP contribution is 2.25. The van der Waals surface area contributed by atoms with Crippen molar-refractivity contribution in [1.29, 1.82) is 0 Å². The van der Waals surface area contributed by atoms with E-state index in [1.165, 1.54) is 12.1 Å². The summed E-state index contributed by atoms with van der Waals surface area (Å²) in [6, 6.07) is 15.1. The summed E-state index contributed by atoms with van der Waals surface area (Å²) < 4.78 is 23.0. The lowest BCUT2D eigenvalue weighted by Gasteiger charge is -2.10. The first kappa shape index (κ1) is 16.1. The molecule has 2 rings (SSSR count). The normalized spacial score (nSPS) is 12.6. The molecular weight excluding hydrogens is 300 g/mol. The van der Waals surface area contributed by atoms with Gasteiger partial charge in [0.1, 0.15) is 0 Å². The number of carbonyl (C=O) groups is 1. The monoisotopic (exact) mass is 316 g/mol. The number of hydrogen-bond acceptors (Lipinski definition) is 4. The molecule has 0 aliphatic carbocycles. The molecule has 0 aliphatic rings. The van der Waals surface area contributed by atoms with Crippen LogP contribution in [0.3, 0.4) is 0 Å². The van der Waals surface area contributed by atoms with Crippen LogP contribution >= 0.6 is 0 Å². The smallest absolute Gasteiger partial charge is 0.175 e. The van der Waals surface area contributed by atoms with Crippen LogP contribution in [0.15, 0.2) is 59.5 Å². The number of aliphatic hydroxyl groups excluding tert-OH is 1. The van der Waals surface area contributed by atoms with Crippen molar-refractivity contribution in [1.82, 2.24) is 0 Å². The highest BCUT2D eigenvalue weighted by Gasteiger charge is 2.12. The summed E-state index contributed by atoms with van der Waals surface area (Å²) in [7, 11) is -3.28. The first-order valence-corrected chi connectivity index (χ1v) is 8.51. The van der Waals surface area contributed by atoms with Crippen LogP contribution in [-0.2, 0) is 14.6 Å². The van der Waals surface area contributed by atoms with E-state index in [9.17, 15) is 18.3 Å². The molecule has 114 valence electrons. The number of aliphatic hydroxyl groups is 1. The standard InChI is InChI=1S/C17H16O4S/c1-22(20,21)15-9-7-14(8-10-15)17(12-19)16(11-18)13-5-3-2-4-6-13/h2-11,19H,12H2,1H3/b17-16-. The molecule has 0 aromatic heterocycles. The molecular formula is C17H16O4S. The summed E-state index contributed by atoms with van der Waals surface area (Å²) in [6.07, 6.45) is 1.83. The zero-order valence-corrected chi connectivity index (χ0v) is 12.9. The van der Waals surface area contributed by atoms with Gasteiger partial charge in [0.05, 0.1) is 11.5 Å². The Morgan fingerprint density at radius 1 is 1.00 bits per heavy atom. The number of benzene rings is 2. The molecule has 0 aliphatic heterocycles. The maximum Gasteiger partial charge on any atom is 0.175 e. The molecule has 0 saturated carbocycles. The van der Waals surface area contributed by atoms with Crippen molar-refractivity contribution >= 4 is 27.3 Å². The molecule has 0 heterocycles. The van der Waals surface area contributed by atoms with E-state index < -0.39 is 9.84 Å². The van der Waals surface area contributed by atoms with Crippen molar-refractivity contribution < 1.29 is 18.3 Å². The van der Waals surface area contributed by atoms with E-state index in [1.54, 1.807) is 36.4 Å². The predicted octanol–water partition coefficient (Wildman–Crippen LogP) is 2.19. The third kappa shape index (κ3) is 3.50. The topological polar surface area (TPSA) is 71.4 Å². The molecule has 4 nitrogen and oxygen atoms in total. The minimum absolute atomic E-state index is 0.195. The lowest BCUT2D eigenvalue weighted by molar-refractivity contribution is -0.103. The Labute approximate surface area is 129 Å². The van der Waals surface area contributed by atoms with Gasteiger partial charge in [0.15, 0.2) is 16.1 Å². The predicted molar refractivity (Wildman–Crippen MR) is 86.0 cm³/mol. The molecule has 22 heavy (non-hydrogen) atoms. The minimum Gasteiger partial charge on any atom is -0.392 e. The van der Waals surface area contributed by atoms with E-state index >= 15 is 0 Å². The van der Waals surface area contributed by atoms with Crippen LogP contribution in [-0.4, -0.2) is 32.7 Å². The number of carbonyl (C=O) groups excluding carboxylic acids is 1. The lowest BCUT2D eigenvalue weighted by Crippen LogP contribution is -2.00. The summed E-state index contributed by atoms with van der Waals surface area (Å²) in [5.41, 5.74) is 2.16. The van der Waals surface area contributed by atoms with Crippen LogP contribution < -0.4 is 0 Å². The second kappa shape index (κ2) is 6.68. The quantitative estimate of drug-likeness (QED) is 0.521. The molecule has 5 heteroatoms. The molecule has 0 radical (unpaired) electrons. The third-order valence-electron chi connectivity index (χ3n) is 3.32. The number of allylic oxidation sites excluding steroid dienone is 1. The van der Waals surface area contributed by atoms with Gasteiger partial charge in [-0.25, -0.2) is 8.42 Å². The van der Waals surface area contributed by atoms with Crippen molar-refractivity contribution in [2.75, 3.05) is 12.9 Å². The molecule has 0 atom stereocenters. The number of hydrogen-bond donors (Lipinski definition) is 1. The second-order valence-electron chi connectivity index (χ2n) is 4.83. The van der Waals surface area contributed by atoms with Gasteiger partial charge in [0.2, 0.25) is 0 Å². The van der Waals surface area contributed by atoms with Crippen molar-refractivity contribution in [3.8, 4) is 0 Å². The number of aldehydes is 1. The first-order valence-electron chi connectivity index (χ1n) is 6.62. The van der Waals surface area contributed by atoms with Crippen LogP contribution in [0.25, 0.3) is 11.1 Å². The third-order valence-corrected chi connectivity index (χ3v) is 4.45. The Kier molecular flexibility index (Phi) is 4.90. The Morgan fingerprint density at radius 3 is 2.05 bits per heavy atom.